The third kappa shape index (κ3) is 4.58. The summed E-state index contributed by atoms with van der Waals surface area (Å²) in [6.45, 7) is 1.51. The molecule has 2 aromatic carbocycles. The zero-order valence-electron chi connectivity index (χ0n) is 14.7. The molecule has 2 N–H and O–H groups in total. The molecule has 0 aliphatic carbocycles. The Morgan fingerprint density at radius 3 is 2.26 bits per heavy atom. The highest BCUT2D eigenvalue weighted by molar-refractivity contribution is 6.01. The van der Waals surface area contributed by atoms with Gasteiger partial charge in [-0.3, -0.25) is 14.4 Å². The summed E-state index contributed by atoms with van der Waals surface area (Å²) in [6.07, 6.45) is -0.0726. The van der Waals surface area contributed by atoms with Gasteiger partial charge in [-0.25, -0.2) is 4.79 Å². The Morgan fingerprint density at radius 1 is 0.852 bits per heavy atom. The van der Waals surface area contributed by atoms with Crippen molar-refractivity contribution in [3.8, 4) is 0 Å². The van der Waals surface area contributed by atoms with Crippen LogP contribution in [-0.4, -0.2) is 34.1 Å². The number of ether oxygens (including phenoxy) is 1. The van der Waals surface area contributed by atoms with Crippen LogP contribution in [0.2, 0.25) is 0 Å². The van der Waals surface area contributed by atoms with Crippen molar-refractivity contribution in [3.05, 3.63) is 69.6 Å². The number of carbonyl (C=O) groups is 3. The summed E-state index contributed by atoms with van der Waals surface area (Å²) in [6, 6.07) is 11.8. The van der Waals surface area contributed by atoms with Crippen molar-refractivity contribution >= 4 is 28.6 Å². The second kappa shape index (κ2) is 7.82. The molecule has 0 saturated heterocycles. The number of aryl methyl sites for hydroxylation is 1. The Bertz CT molecular complexity index is 1060. The molecule has 27 heavy (non-hydrogen) atoms. The molecule has 0 bridgehead atoms. The van der Waals surface area contributed by atoms with Crippen molar-refractivity contribution in [1.29, 1.82) is 0 Å². The number of fused-ring (bicyclic) bond motifs is 1. The third-order valence-electron chi connectivity index (χ3n) is 4.13. The third-order valence-corrected chi connectivity index (χ3v) is 4.13. The van der Waals surface area contributed by atoms with Gasteiger partial charge >= 0.3 is 11.7 Å². The lowest BCUT2D eigenvalue weighted by Gasteiger charge is -2.05. The second-order valence-electron chi connectivity index (χ2n) is 6.21. The number of Topliss-reactive ketones (excluding diaryl/α,β-unsaturated/α-hetero) is 2. The van der Waals surface area contributed by atoms with E-state index in [2.05, 4.69) is 9.97 Å². The summed E-state index contributed by atoms with van der Waals surface area (Å²) < 4.78 is 4.96. The Hall–Kier alpha value is -3.48. The molecule has 0 atom stereocenters. The molecule has 1 heterocycles. The highest BCUT2D eigenvalue weighted by atomic mass is 16.5. The fourth-order valence-electron chi connectivity index (χ4n) is 2.61. The molecule has 7 nitrogen and oxygen atoms in total. The number of imidazole rings is 1. The van der Waals surface area contributed by atoms with Crippen LogP contribution >= 0.6 is 0 Å². The lowest BCUT2D eigenvalue weighted by Crippen LogP contribution is -2.15. The number of aromatic amines is 2. The van der Waals surface area contributed by atoms with Crippen LogP contribution in [0.1, 0.15) is 39.1 Å². The zero-order chi connectivity index (χ0) is 19.4. The zero-order valence-corrected chi connectivity index (χ0v) is 14.7. The predicted octanol–water partition coefficient (Wildman–Crippen LogP) is 2.55. The number of benzene rings is 2. The van der Waals surface area contributed by atoms with E-state index in [1.165, 1.54) is 6.07 Å². The van der Waals surface area contributed by atoms with Crippen molar-refractivity contribution in [2.75, 3.05) is 6.61 Å². The number of nitrogens with one attached hydrogen (secondary N) is 2. The fraction of sp³-hybridized carbons (Fsp3) is 0.200. The molecule has 0 amide bonds. The molecule has 138 valence electrons. The van der Waals surface area contributed by atoms with Gasteiger partial charge in [-0.15, -0.1) is 0 Å². The Balaban J connectivity index is 1.50. The lowest BCUT2D eigenvalue weighted by molar-refractivity contribution is -0.142. The van der Waals surface area contributed by atoms with Crippen molar-refractivity contribution in [3.63, 3.8) is 0 Å². The summed E-state index contributed by atoms with van der Waals surface area (Å²) in [5, 5.41) is 0. The van der Waals surface area contributed by atoms with Crippen LogP contribution in [0, 0.1) is 6.92 Å². The van der Waals surface area contributed by atoms with Gasteiger partial charge in [0.15, 0.2) is 18.2 Å². The van der Waals surface area contributed by atoms with Gasteiger partial charge in [0.1, 0.15) is 0 Å². The average Bonchev–Trinajstić information content (AvgIpc) is 3.03. The minimum atomic E-state index is -0.611. The summed E-state index contributed by atoms with van der Waals surface area (Å²) >= 11 is 0. The maximum absolute atomic E-state index is 12.1. The van der Waals surface area contributed by atoms with Crippen molar-refractivity contribution < 1.29 is 19.1 Å². The highest BCUT2D eigenvalue weighted by Gasteiger charge is 2.13. The number of rotatable bonds is 7. The number of hydrogen-bond donors (Lipinski definition) is 2. The molecule has 0 fully saturated rings. The molecular weight excluding hydrogens is 348 g/mol. The Labute approximate surface area is 154 Å². The minimum absolute atomic E-state index is 0.0205. The van der Waals surface area contributed by atoms with Crippen LogP contribution in [0.15, 0.2) is 47.3 Å². The van der Waals surface area contributed by atoms with Crippen LogP contribution in [0.5, 0.6) is 0 Å². The van der Waals surface area contributed by atoms with E-state index in [9.17, 15) is 19.2 Å². The van der Waals surface area contributed by atoms with Crippen molar-refractivity contribution in [2.45, 2.75) is 19.8 Å². The van der Waals surface area contributed by atoms with Crippen LogP contribution in [-0.2, 0) is 9.53 Å². The van der Waals surface area contributed by atoms with E-state index in [-0.39, 0.29) is 24.3 Å². The van der Waals surface area contributed by atoms with Gasteiger partial charge in [0.2, 0.25) is 0 Å². The molecule has 3 rings (SSSR count). The number of hydrogen-bond acceptors (Lipinski definition) is 5. The average molecular weight is 366 g/mol. The van der Waals surface area contributed by atoms with E-state index in [4.69, 9.17) is 4.74 Å². The van der Waals surface area contributed by atoms with E-state index in [0.717, 1.165) is 5.56 Å². The minimum Gasteiger partial charge on any atom is -0.457 e. The van der Waals surface area contributed by atoms with Gasteiger partial charge in [0.25, 0.3) is 0 Å². The molecule has 1 aromatic heterocycles. The molecule has 0 aliphatic rings. The van der Waals surface area contributed by atoms with Gasteiger partial charge in [0, 0.05) is 17.5 Å². The summed E-state index contributed by atoms with van der Waals surface area (Å²) in [7, 11) is 0. The number of carbonyl (C=O) groups excluding carboxylic acids is 3. The predicted molar refractivity (Wildman–Crippen MR) is 99.0 cm³/mol. The monoisotopic (exact) mass is 366 g/mol. The van der Waals surface area contributed by atoms with Crippen LogP contribution < -0.4 is 5.69 Å². The van der Waals surface area contributed by atoms with Gasteiger partial charge in [-0.1, -0.05) is 29.8 Å². The molecule has 0 saturated carbocycles. The van der Waals surface area contributed by atoms with E-state index in [0.29, 0.717) is 22.2 Å². The molecule has 0 unspecified atom stereocenters. The normalized spacial score (nSPS) is 10.7. The standard InChI is InChI=1S/C20H18N2O5/c1-12-2-4-13(5-3-12)17(23)8-9-19(25)27-11-18(24)14-6-7-15-16(10-14)22-20(26)21-15/h2-7,10H,8-9,11H2,1H3,(H2,21,22,26). The quantitative estimate of drug-likeness (QED) is 0.493. The second-order valence-corrected chi connectivity index (χ2v) is 6.21. The van der Waals surface area contributed by atoms with Gasteiger partial charge < -0.3 is 14.7 Å². The number of ketones is 2. The molecule has 0 radical (unpaired) electrons. The van der Waals surface area contributed by atoms with E-state index < -0.39 is 18.4 Å². The van der Waals surface area contributed by atoms with E-state index in [1.54, 1.807) is 24.3 Å². The molecule has 7 heteroatoms. The lowest BCUT2D eigenvalue weighted by atomic mass is 10.1. The van der Waals surface area contributed by atoms with Gasteiger partial charge in [0.05, 0.1) is 17.5 Å². The summed E-state index contributed by atoms with van der Waals surface area (Å²) in [5.41, 5.74) is 2.63. The summed E-state index contributed by atoms with van der Waals surface area (Å²) in [5.74, 6) is -1.16. The molecule has 0 spiro atoms. The van der Waals surface area contributed by atoms with Gasteiger partial charge in [-0.2, -0.15) is 0 Å². The van der Waals surface area contributed by atoms with E-state index >= 15 is 0 Å². The Kier molecular flexibility index (Phi) is 5.30. The SMILES string of the molecule is Cc1ccc(C(=O)CCC(=O)OCC(=O)c2ccc3[nH]c(=O)[nH]c3c2)cc1. The largest absolute Gasteiger partial charge is 0.457 e. The summed E-state index contributed by atoms with van der Waals surface area (Å²) in [4.78, 5) is 52.4. The molecule has 0 aliphatic heterocycles. The fourth-order valence-corrected chi connectivity index (χ4v) is 2.61. The smallest absolute Gasteiger partial charge is 0.323 e. The van der Waals surface area contributed by atoms with E-state index in [1.807, 2.05) is 19.1 Å². The van der Waals surface area contributed by atoms with Crippen LogP contribution in [0.4, 0.5) is 0 Å². The van der Waals surface area contributed by atoms with Crippen molar-refractivity contribution in [1.82, 2.24) is 9.97 Å². The van der Waals surface area contributed by atoms with Gasteiger partial charge in [-0.05, 0) is 25.1 Å². The molecule has 3 aromatic rings. The van der Waals surface area contributed by atoms with Crippen molar-refractivity contribution in [2.24, 2.45) is 0 Å². The number of aromatic nitrogens is 2. The number of esters is 1. The molecular formula is C20H18N2O5. The first-order chi connectivity index (χ1) is 12.9. The Morgan fingerprint density at radius 2 is 1.52 bits per heavy atom. The topological polar surface area (TPSA) is 109 Å². The van der Waals surface area contributed by atoms with Crippen LogP contribution in [0.25, 0.3) is 11.0 Å². The highest BCUT2D eigenvalue weighted by Crippen LogP contribution is 2.12. The maximum atomic E-state index is 12.1. The number of H-pyrrole nitrogens is 2. The first-order valence-electron chi connectivity index (χ1n) is 8.43. The first-order valence-corrected chi connectivity index (χ1v) is 8.43. The first kappa shape index (κ1) is 18.3. The van der Waals surface area contributed by atoms with Crippen LogP contribution in [0.3, 0.4) is 0 Å². The maximum Gasteiger partial charge on any atom is 0.323 e.